The summed E-state index contributed by atoms with van der Waals surface area (Å²) >= 11 is 0. The summed E-state index contributed by atoms with van der Waals surface area (Å²) in [4.78, 5) is 9.64. The summed E-state index contributed by atoms with van der Waals surface area (Å²) in [6.45, 7) is 11.0. The SMILES string of the molecule is Cc1cccc(N2CCN(CCCNc3nccc4ccccc34)CC2)c1C. The van der Waals surface area contributed by atoms with Crippen molar-refractivity contribution in [1.29, 1.82) is 0 Å². The molecule has 28 heavy (non-hydrogen) atoms. The molecule has 0 saturated carbocycles. The van der Waals surface area contributed by atoms with Crippen LogP contribution < -0.4 is 10.2 Å². The van der Waals surface area contributed by atoms with E-state index in [0.717, 1.165) is 51.5 Å². The summed E-state index contributed by atoms with van der Waals surface area (Å²) < 4.78 is 0. The first kappa shape index (κ1) is 18.8. The van der Waals surface area contributed by atoms with E-state index in [2.05, 4.69) is 82.5 Å². The molecule has 1 aliphatic rings. The predicted octanol–water partition coefficient (Wildman–Crippen LogP) is 4.48. The standard InChI is InChI=1S/C24H30N4/c1-19-7-5-10-23(20(19)2)28-17-15-27(16-18-28)14-6-12-25-24-22-9-4-3-8-21(22)11-13-26-24/h3-5,7-11,13H,6,12,14-18H2,1-2H3,(H,25,26). The van der Waals surface area contributed by atoms with Gasteiger partial charge in [0.25, 0.3) is 0 Å². The number of anilines is 2. The number of hydrogen-bond acceptors (Lipinski definition) is 4. The molecule has 0 amide bonds. The molecule has 1 N–H and O–H groups in total. The Morgan fingerprint density at radius 3 is 2.61 bits per heavy atom. The lowest BCUT2D eigenvalue weighted by atomic mass is 10.1. The topological polar surface area (TPSA) is 31.4 Å². The first-order valence-corrected chi connectivity index (χ1v) is 10.3. The van der Waals surface area contributed by atoms with Gasteiger partial charge in [-0.25, -0.2) is 4.98 Å². The number of nitrogens with zero attached hydrogens (tertiary/aromatic N) is 3. The van der Waals surface area contributed by atoms with Gasteiger partial charge in [-0.2, -0.15) is 0 Å². The molecule has 1 aliphatic heterocycles. The van der Waals surface area contributed by atoms with Crippen LogP contribution in [0.25, 0.3) is 10.8 Å². The van der Waals surface area contributed by atoms with E-state index in [9.17, 15) is 0 Å². The Balaban J connectivity index is 1.24. The lowest BCUT2D eigenvalue weighted by Crippen LogP contribution is -2.47. The van der Waals surface area contributed by atoms with Crippen LogP contribution in [0.2, 0.25) is 0 Å². The van der Waals surface area contributed by atoms with Gasteiger partial charge in [-0.3, -0.25) is 4.90 Å². The van der Waals surface area contributed by atoms with Crippen molar-refractivity contribution in [2.75, 3.05) is 49.5 Å². The van der Waals surface area contributed by atoms with Gasteiger partial charge in [0.1, 0.15) is 5.82 Å². The van der Waals surface area contributed by atoms with Crippen molar-refractivity contribution >= 4 is 22.3 Å². The molecule has 2 aromatic carbocycles. The van der Waals surface area contributed by atoms with Crippen molar-refractivity contribution in [2.45, 2.75) is 20.3 Å². The molecule has 4 nitrogen and oxygen atoms in total. The first-order valence-electron chi connectivity index (χ1n) is 10.3. The highest BCUT2D eigenvalue weighted by molar-refractivity contribution is 5.91. The van der Waals surface area contributed by atoms with Crippen molar-refractivity contribution in [3.05, 3.63) is 65.9 Å². The van der Waals surface area contributed by atoms with Crippen LogP contribution in [0.5, 0.6) is 0 Å². The van der Waals surface area contributed by atoms with Gasteiger partial charge >= 0.3 is 0 Å². The molecule has 0 bridgehead atoms. The van der Waals surface area contributed by atoms with Gasteiger partial charge in [0.15, 0.2) is 0 Å². The molecule has 4 heteroatoms. The third-order valence-corrected chi connectivity index (χ3v) is 5.91. The van der Waals surface area contributed by atoms with E-state index in [4.69, 9.17) is 0 Å². The summed E-state index contributed by atoms with van der Waals surface area (Å²) in [5, 5.41) is 5.97. The summed E-state index contributed by atoms with van der Waals surface area (Å²) in [6, 6.07) is 17.1. The number of hydrogen-bond donors (Lipinski definition) is 1. The number of aromatic nitrogens is 1. The van der Waals surface area contributed by atoms with Crippen molar-refractivity contribution in [3.63, 3.8) is 0 Å². The molecule has 1 saturated heterocycles. The fourth-order valence-electron chi connectivity index (χ4n) is 4.06. The summed E-state index contributed by atoms with van der Waals surface area (Å²) in [5.74, 6) is 0.998. The number of rotatable bonds is 6. The number of pyridine rings is 1. The van der Waals surface area contributed by atoms with Gasteiger partial charge in [0.05, 0.1) is 0 Å². The molecule has 1 fully saturated rings. The van der Waals surface area contributed by atoms with Crippen LogP contribution in [0.1, 0.15) is 17.5 Å². The minimum Gasteiger partial charge on any atom is -0.370 e. The minimum atomic E-state index is 0.957. The Kier molecular flexibility index (Phi) is 5.77. The number of piperazine rings is 1. The maximum Gasteiger partial charge on any atom is 0.133 e. The summed E-state index contributed by atoms with van der Waals surface area (Å²) in [7, 11) is 0. The van der Waals surface area contributed by atoms with Gasteiger partial charge < -0.3 is 10.2 Å². The molecular formula is C24H30N4. The molecule has 1 aromatic heterocycles. The largest absolute Gasteiger partial charge is 0.370 e. The number of aryl methyl sites for hydroxylation is 1. The van der Waals surface area contributed by atoms with Gasteiger partial charge in [0, 0.05) is 50.0 Å². The number of fused-ring (bicyclic) bond motifs is 1. The Hall–Kier alpha value is -2.59. The smallest absolute Gasteiger partial charge is 0.133 e. The normalized spacial score (nSPS) is 15.1. The van der Waals surface area contributed by atoms with Crippen LogP contribution in [-0.4, -0.2) is 49.2 Å². The molecule has 0 unspecified atom stereocenters. The molecule has 0 aliphatic carbocycles. The van der Waals surface area contributed by atoms with Crippen LogP contribution in [-0.2, 0) is 0 Å². The van der Waals surface area contributed by atoms with Crippen molar-refractivity contribution in [3.8, 4) is 0 Å². The van der Waals surface area contributed by atoms with Crippen molar-refractivity contribution in [1.82, 2.24) is 9.88 Å². The fraction of sp³-hybridized carbons (Fsp3) is 0.375. The van der Waals surface area contributed by atoms with Crippen LogP contribution in [0.4, 0.5) is 11.5 Å². The predicted molar refractivity (Wildman–Crippen MR) is 119 cm³/mol. The average molecular weight is 375 g/mol. The van der Waals surface area contributed by atoms with Crippen LogP contribution >= 0.6 is 0 Å². The first-order chi connectivity index (χ1) is 13.7. The quantitative estimate of drug-likeness (QED) is 0.645. The summed E-state index contributed by atoms with van der Waals surface area (Å²) in [6.07, 6.45) is 3.02. The molecule has 146 valence electrons. The molecule has 3 aromatic rings. The number of benzene rings is 2. The second-order valence-electron chi connectivity index (χ2n) is 7.71. The Morgan fingerprint density at radius 1 is 0.929 bits per heavy atom. The van der Waals surface area contributed by atoms with E-state index >= 15 is 0 Å². The average Bonchev–Trinajstić information content (AvgIpc) is 2.74. The minimum absolute atomic E-state index is 0.957. The lowest BCUT2D eigenvalue weighted by molar-refractivity contribution is 0.257. The van der Waals surface area contributed by atoms with E-state index in [1.807, 2.05) is 6.20 Å². The van der Waals surface area contributed by atoms with Crippen LogP contribution in [0, 0.1) is 13.8 Å². The Morgan fingerprint density at radius 2 is 1.75 bits per heavy atom. The highest BCUT2D eigenvalue weighted by Crippen LogP contribution is 2.24. The van der Waals surface area contributed by atoms with Crippen molar-refractivity contribution in [2.24, 2.45) is 0 Å². The zero-order chi connectivity index (χ0) is 19.3. The Labute approximate surface area is 168 Å². The van der Waals surface area contributed by atoms with E-state index in [0.29, 0.717) is 0 Å². The molecule has 4 rings (SSSR count). The van der Waals surface area contributed by atoms with Gasteiger partial charge in [0.2, 0.25) is 0 Å². The zero-order valence-corrected chi connectivity index (χ0v) is 17.0. The van der Waals surface area contributed by atoms with Crippen molar-refractivity contribution < 1.29 is 0 Å². The lowest BCUT2D eigenvalue weighted by Gasteiger charge is -2.37. The van der Waals surface area contributed by atoms with Gasteiger partial charge in [-0.15, -0.1) is 0 Å². The molecule has 0 atom stereocenters. The zero-order valence-electron chi connectivity index (χ0n) is 17.0. The van der Waals surface area contributed by atoms with E-state index in [1.54, 1.807) is 0 Å². The third-order valence-electron chi connectivity index (χ3n) is 5.91. The molecular weight excluding hydrogens is 344 g/mol. The highest BCUT2D eigenvalue weighted by atomic mass is 15.3. The third kappa shape index (κ3) is 4.12. The maximum absolute atomic E-state index is 4.52. The Bertz CT molecular complexity index is 924. The van der Waals surface area contributed by atoms with Crippen LogP contribution in [0.3, 0.4) is 0 Å². The maximum atomic E-state index is 4.52. The second-order valence-corrected chi connectivity index (χ2v) is 7.71. The molecule has 2 heterocycles. The fourth-order valence-corrected chi connectivity index (χ4v) is 4.06. The second kappa shape index (κ2) is 8.61. The molecule has 0 radical (unpaired) electrons. The van der Waals surface area contributed by atoms with E-state index in [-0.39, 0.29) is 0 Å². The van der Waals surface area contributed by atoms with E-state index < -0.39 is 0 Å². The number of nitrogens with one attached hydrogen (secondary N) is 1. The summed E-state index contributed by atoms with van der Waals surface area (Å²) in [5.41, 5.74) is 4.21. The highest BCUT2D eigenvalue weighted by Gasteiger charge is 2.18. The van der Waals surface area contributed by atoms with E-state index in [1.165, 1.54) is 27.6 Å². The molecule has 0 spiro atoms. The van der Waals surface area contributed by atoms with Gasteiger partial charge in [-0.1, -0.05) is 36.4 Å². The van der Waals surface area contributed by atoms with Crippen LogP contribution in [0.15, 0.2) is 54.7 Å². The monoisotopic (exact) mass is 374 g/mol. The van der Waals surface area contributed by atoms with Gasteiger partial charge in [-0.05, 0) is 55.5 Å².